The maximum Gasteiger partial charge on any atom is 0.321 e. The van der Waals surface area contributed by atoms with E-state index in [-0.39, 0.29) is 11.9 Å². The van der Waals surface area contributed by atoms with E-state index in [0.29, 0.717) is 18.3 Å². The molecule has 144 valence electrons. The minimum absolute atomic E-state index is 0.0451. The maximum atomic E-state index is 12.7. The minimum Gasteiger partial charge on any atom is -0.325 e. The second kappa shape index (κ2) is 9.60. The lowest BCUT2D eigenvalue weighted by molar-refractivity contribution is -0.117. The molecule has 3 amide bonds. The van der Waals surface area contributed by atoms with Crippen LogP contribution in [0.4, 0.5) is 16.2 Å². The Kier molecular flexibility index (Phi) is 7.49. The molecule has 26 heavy (non-hydrogen) atoms. The summed E-state index contributed by atoms with van der Waals surface area (Å²) < 4.78 is 0. The predicted molar refractivity (Wildman–Crippen MR) is 108 cm³/mol. The van der Waals surface area contributed by atoms with Crippen molar-refractivity contribution in [2.45, 2.75) is 53.4 Å². The number of nitrogens with one attached hydrogen (secondary N) is 1. The molecule has 1 aliphatic heterocycles. The summed E-state index contributed by atoms with van der Waals surface area (Å²) in [5.74, 6) is 1.32. The van der Waals surface area contributed by atoms with Crippen LogP contribution in [-0.4, -0.2) is 36.5 Å². The van der Waals surface area contributed by atoms with Crippen LogP contribution in [0.3, 0.4) is 0 Å². The van der Waals surface area contributed by atoms with Crippen LogP contribution in [0.25, 0.3) is 0 Å². The Morgan fingerprint density at radius 3 is 2.12 bits per heavy atom. The first kappa shape index (κ1) is 20.3. The van der Waals surface area contributed by atoms with E-state index in [1.165, 1.54) is 0 Å². The van der Waals surface area contributed by atoms with E-state index < -0.39 is 0 Å². The Labute approximate surface area is 157 Å². The van der Waals surface area contributed by atoms with Crippen LogP contribution in [0.5, 0.6) is 0 Å². The SMILES string of the molecule is CC(C)CCN(CCC(C)C)C(=O)Nc1ccc(N2CCCC2=O)cc1. The molecule has 0 aliphatic carbocycles. The van der Waals surface area contributed by atoms with Gasteiger partial charge in [-0.05, 0) is 55.4 Å². The van der Waals surface area contributed by atoms with Crippen molar-refractivity contribution in [1.29, 1.82) is 0 Å². The van der Waals surface area contributed by atoms with Gasteiger partial charge in [-0.1, -0.05) is 27.7 Å². The third kappa shape index (κ3) is 6.04. The third-order valence-electron chi connectivity index (χ3n) is 4.74. The summed E-state index contributed by atoms with van der Waals surface area (Å²) in [7, 11) is 0. The van der Waals surface area contributed by atoms with Gasteiger partial charge in [0.1, 0.15) is 0 Å². The standard InChI is InChI=1S/C21H33N3O2/c1-16(2)11-14-23(15-12-17(3)4)21(26)22-18-7-9-19(10-8-18)24-13-5-6-20(24)25/h7-10,16-17H,5-6,11-15H2,1-4H3,(H,22,26). The molecule has 0 aromatic heterocycles. The zero-order chi connectivity index (χ0) is 19.1. The monoisotopic (exact) mass is 359 g/mol. The van der Waals surface area contributed by atoms with E-state index in [9.17, 15) is 9.59 Å². The first-order valence-corrected chi connectivity index (χ1v) is 9.83. The van der Waals surface area contributed by atoms with Crippen molar-refractivity contribution in [3.63, 3.8) is 0 Å². The molecule has 1 N–H and O–H groups in total. The number of amides is 3. The Morgan fingerprint density at radius 1 is 1.08 bits per heavy atom. The first-order chi connectivity index (χ1) is 12.4. The molecule has 1 heterocycles. The fourth-order valence-corrected chi connectivity index (χ4v) is 2.99. The summed E-state index contributed by atoms with van der Waals surface area (Å²) in [5, 5.41) is 3.00. The Morgan fingerprint density at radius 2 is 1.65 bits per heavy atom. The van der Waals surface area contributed by atoms with E-state index in [0.717, 1.165) is 50.3 Å². The average molecular weight is 360 g/mol. The topological polar surface area (TPSA) is 52.7 Å². The van der Waals surface area contributed by atoms with E-state index in [2.05, 4.69) is 33.0 Å². The van der Waals surface area contributed by atoms with Crippen molar-refractivity contribution >= 4 is 23.3 Å². The van der Waals surface area contributed by atoms with Crippen molar-refractivity contribution in [2.75, 3.05) is 29.9 Å². The molecule has 5 nitrogen and oxygen atoms in total. The molecule has 0 spiro atoms. The van der Waals surface area contributed by atoms with Gasteiger partial charge in [-0.15, -0.1) is 0 Å². The number of carbonyl (C=O) groups is 2. The van der Waals surface area contributed by atoms with Crippen LogP contribution in [-0.2, 0) is 4.79 Å². The largest absolute Gasteiger partial charge is 0.325 e. The van der Waals surface area contributed by atoms with Crippen LogP contribution in [0.2, 0.25) is 0 Å². The lowest BCUT2D eigenvalue weighted by Gasteiger charge is -2.25. The van der Waals surface area contributed by atoms with Crippen LogP contribution < -0.4 is 10.2 Å². The lowest BCUT2D eigenvalue weighted by Crippen LogP contribution is -2.37. The molecule has 0 unspecified atom stereocenters. The summed E-state index contributed by atoms with van der Waals surface area (Å²) in [6.07, 6.45) is 3.54. The Bertz CT molecular complexity index is 584. The normalized spacial score (nSPS) is 14.4. The fourth-order valence-electron chi connectivity index (χ4n) is 2.99. The fraction of sp³-hybridized carbons (Fsp3) is 0.619. The highest BCUT2D eigenvalue weighted by atomic mass is 16.2. The summed E-state index contributed by atoms with van der Waals surface area (Å²) in [6, 6.07) is 7.52. The van der Waals surface area contributed by atoms with Gasteiger partial charge in [0.25, 0.3) is 0 Å². The van der Waals surface area contributed by atoms with Crippen LogP contribution in [0.1, 0.15) is 53.4 Å². The highest BCUT2D eigenvalue weighted by Gasteiger charge is 2.21. The van der Waals surface area contributed by atoms with Crippen LogP contribution in [0, 0.1) is 11.8 Å². The van der Waals surface area contributed by atoms with Gasteiger partial charge in [-0.3, -0.25) is 4.79 Å². The van der Waals surface area contributed by atoms with Gasteiger partial charge in [0.05, 0.1) is 0 Å². The molecule has 0 radical (unpaired) electrons. The quantitative estimate of drug-likeness (QED) is 0.729. The van der Waals surface area contributed by atoms with Gasteiger partial charge in [-0.25, -0.2) is 4.79 Å². The second-order valence-electron chi connectivity index (χ2n) is 7.98. The maximum absolute atomic E-state index is 12.7. The van der Waals surface area contributed by atoms with Crippen molar-refractivity contribution in [1.82, 2.24) is 4.90 Å². The molecular formula is C21H33N3O2. The number of nitrogens with zero attached hydrogens (tertiary/aromatic N) is 2. The molecule has 0 bridgehead atoms. The molecule has 5 heteroatoms. The molecule has 1 aliphatic rings. The molecule has 2 rings (SSSR count). The first-order valence-electron chi connectivity index (χ1n) is 9.83. The average Bonchev–Trinajstić information content (AvgIpc) is 3.01. The molecular weight excluding hydrogens is 326 g/mol. The molecule has 1 aromatic rings. The van der Waals surface area contributed by atoms with E-state index in [4.69, 9.17) is 0 Å². The van der Waals surface area contributed by atoms with E-state index in [1.807, 2.05) is 34.1 Å². The smallest absolute Gasteiger partial charge is 0.321 e. The number of benzene rings is 1. The zero-order valence-electron chi connectivity index (χ0n) is 16.6. The number of urea groups is 1. The number of hydrogen-bond acceptors (Lipinski definition) is 2. The molecule has 1 aromatic carbocycles. The predicted octanol–water partition coefficient (Wildman–Crippen LogP) is 4.74. The van der Waals surface area contributed by atoms with Gasteiger partial charge in [0, 0.05) is 37.4 Å². The van der Waals surface area contributed by atoms with E-state index in [1.54, 1.807) is 0 Å². The number of anilines is 2. The third-order valence-corrected chi connectivity index (χ3v) is 4.74. The second-order valence-corrected chi connectivity index (χ2v) is 7.98. The molecule has 1 saturated heterocycles. The summed E-state index contributed by atoms with van der Waals surface area (Å²) in [5.41, 5.74) is 1.67. The summed E-state index contributed by atoms with van der Waals surface area (Å²) in [6.45, 7) is 11.0. The van der Waals surface area contributed by atoms with Gasteiger partial charge in [-0.2, -0.15) is 0 Å². The highest BCUT2D eigenvalue weighted by molar-refractivity contribution is 5.96. The summed E-state index contributed by atoms with van der Waals surface area (Å²) in [4.78, 5) is 28.2. The van der Waals surface area contributed by atoms with Gasteiger partial charge < -0.3 is 15.1 Å². The summed E-state index contributed by atoms with van der Waals surface area (Å²) >= 11 is 0. The van der Waals surface area contributed by atoms with Crippen molar-refractivity contribution in [2.24, 2.45) is 11.8 Å². The molecule has 0 saturated carbocycles. The molecule has 0 atom stereocenters. The Hall–Kier alpha value is -2.04. The minimum atomic E-state index is -0.0451. The van der Waals surface area contributed by atoms with Gasteiger partial charge in [0.2, 0.25) is 5.91 Å². The van der Waals surface area contributed by atoms with Crippen LogP contribution >= 0.6 is 0 Å². The van der Waals surface area contributed by atoms with Crippen molar-refractivity contribution in [3.8, 4) is 0 Å². The Balaban J connectivity index is 1.96. The molecule has 1 fully saturated rings. The van der Waals surface area contributed by atoms with Gasteiger partial charge in [0.15, 0.2) is 0 Å². The van der Waals surface area contributed by atoms with Crippen molar-refractivity contribution < 1.29 is 9.59 Å². The van der Waals surface area contributed by atoms with E-state index >= 15 is 0 Å². The number of hydrogen-bond donors (Lipinski definition) is 1. The number of rotatable bonds is 8. The van der Waals surface area contributed by atoms with Crippen molar-refractivity contribution in [3.05, 3.63) is 24.3 Å². The van der Waals surface area contributed by atoms with Gasteiger partial charge >= 0.3 is 6.03 Å². The number of carbonyl (C=O) groups excluding carboxylic acids is 2. The highest BCUT2D eigenvalue weighted by Crippen LogP contribution is 2.23. The zero-order valence-corrected chi connectivity index (χ0v) is 16.6. The van der Waals surface area contributed by atoms with Crippen LogP contribution in [0.15, 0.2) is 24.3 Å². The lowest BCUT2D eigenvalue weighted by atomic mass is 10.1.